The fraction of sp³-hybridized carbons (Fsp3) is 0.385. The summed E-state index contributed by atoms with van der Waals surface area (Å²) in [7, 11) is 1.51. The van der Waals surface area contributed by atoms with Gasteiger partial charge >= 0.3 is 5.97 Å². The highest BCUT2D eigenvalue weighted by atomic mass is 16.5. The van der Waals surface area contributed by atoms with E-state index in [1.807, 2.05) is 30.3 Å². The average molecular weight is 250 g/mol. The maximum absolute atomic E-state index is 11.4. The predicted octanol–water partition coefficient (Wildman–Crippen LogP) is 0.583. The second-order valence-electron chi connectivity index (χ2n) is 3.91. The molecular formula is C13H18N2O3. The van der Waals surface area contributed by atoms with E-state index in [2.05, 4.69) is 5.32 Å². The molecule has 1 rings (SSSR count). The summed E-state index contributed by atoms with van der Waals surface area (Å²) in [5.74, 6) is -0.621. The maximum Gasteiger partial charge on any atom is 0.306 e. The van der Waals surface area contributed by atoms with Gasteiger partial charge in [0.25, 0.3) is 0 Å². The van der Waals surface area contributed by atoms with Crippen LogP contribution in [-0.4, -0.2) is 25.0 Å². The van der Waals surface area contributed by atoms with Gasteiger partial charge in [-0.25, -0.2) is 0 Å². The second kappa shape index (κ2) is 7.45. The standard InChI is InChI=1S/C13H18N2O3/c1-15-13(17)11(14)7-8-12(16)18-9-10-5-3-2-4-6-10/h2-6,11H,7-9,14H2,1H3,(H,15,17)/t11-/m0/s1. The van der Waals surface area contributed by atoms with Crippen molar-refractivity contribution in [3.05, 3.63) is 35.9 Å². The van der Waals surface area contributed by atoms with Gasteiger partial charge in [-0.15, -0.1) is 0 Å². The topological polar surface area (TPSA) is 81.4 Å². The van der Waals surface area contributed by atoms with Crippen LogP contribution in [0.2, 0.25) is 0 Å². The fourth-order valence-corrected chi connectivity index (χ4v) is 1.40. The monoisotopic (exact) mass is 250 g/mol. The first-order valence-corrected chi connectivity index (χ1v) is 5.80. The molecule has 1 aromatic carbocycles. The molecule has 0 saturated heterocycles. The van der Waals surface area contributed by atoms with Crippen molar-refractivity contribution in [2.24, 2.45) is 5.73 Å². The quantitative estimate of drug-likeness (QED) is 0.724. The minimum absolute atomic E-state index is 0.140. The van der Waals surface area contributed by atoms with Gasteiger partial charge in [0.15, 0.2) is 0 Å². The summed E-state index contributed by atoms with van der Waals surface area (Å²) in [5.41, 5.74) is 6.50. The van der Waals surface area contributed by atoms with Crippen LogP contribution in [0.5, 0.6) is 0 Å². The van der Waals surface area contributed by atoms with Crippen LogP contribution in [0.1, 0.15) is 18.4 Å². The van der Waals surface area contributed by atoms with Crippen LogP contribution in [0.15, 0.2) is 30.3 Å². The molecule has 0 fully saturated rings. The normalized spacial score (nSPS) is 11.7. The Bertz CT molecular complexity index is 392. The number of nitrogens with one attached hydrogen (secondary N) is 1. The number of hydrogen-bond acceptors (Lipinski definition) is 4. The SMILES string of the molecule is CNC(=O)[C@@H](N)CCC(=O)OCc1ccccc1. The highest BCUT2D eigenvalue weighted by molar-refractivity contribution is 5.81. The Morgan fingerprint density at radius 3 is 2.61 bits per heavy atom. The van der Waals surface area contributed by atoms with Gasteiger partial charge in [-0.2, -0.15) is 0 Å². The maximum atomic E-state index is 11.4. The number of rotatable bonds is 6. The van der Waals surface area contributed by atoms with E-state index >= 15 is 0 Å². The molecule has 0 heterocycles. The molecule has 5 nitrogen and oxygen atoms in total. The van der Waals surface area contributed by atoms with Crippen molar-refractivity contribution in [1.29, 1.82) is 0 Å². The van der Waals surface area contributed by atoms with Crippen molar-refractivity contribution in [3.63, 3.8) is 0 Å². The molecule has 0 radical (unpaired) electrons. The number of nitrogens with two attached hydrogens (primary N) is 1. The summed E-state index contributed by atoms with van der Waals surface area (Å²) in [6, 6.07) is 8.75. The third-order valence-corrected chi connectivity index (χ3v) is 2.49. The molecule has 0 unspecified atom stereocenters. The van der Waals surface area contributed by atoms with Crippen molar-refractivity contribution in [1.82, 2.24) is 5.32 Å². The molecule has 1 aromatic rings. The van der Waals surface area contributed by atoms with Crippen LogP contribution >= 0.6 is 0 Å². The summed E-state index contributed by atoms with van der Waals surface area (Å²) in [6.07, 6.45) is 0.425. The van der Waals surface area contributed by atoms with Gasteiger partial charge in [0.1, 0.15) is 6.61 Å². The van der Waals surface area contributed by atoms with E-state index in [1.54, 1.807) is 0 Å². The van der Waals surface area contributed by atoms with E-state index in [-0.39, 0.29) is 31.3 Å². The van der Waals surface area contributed by atoms with Crippen LogP contribution in [0, 0.1) is 0 Å². The number of esters is 1. The first-order chi connectivity index (χ1) is 8.63. The highest BCUT2D eigenvalue weighted by Gasteiger charge is 2.14. The van der Waals surface area contributed by atoms with Crippen LogP contribution < -0.4 is 11.1 Å². The van der Waals surface area contributed by atoms with Gasteiger partial charge in [0, 0.05) is 13.5 Å². The number of carbonyl (C=O) groups is 2. The highest BCUT2D eigenvalue weighted by Crippen LogP contribution is 2.03. The number of carbonyl (C=O) groups excluding carboxylic acids is 2. The zero-order valence-electron chi connectivity index (χ0n) is 10.4. The van der Waals surface area contributed by atoms with Crippen molar-refractivity contribution >= 4 is 11.9 Å². The first-order valence-electron chi connectivity index (χ1n) is 5.80. The molecule has 18 heavy (non-hydrogen) atoms. The number of amides is 1. The molecule has 0 spiro atoms. The molecule has 3 N–H and O–H groups in total. The van der Waals surface area contributed by atoms with Crippen LogP contribution in [0.4, 0.5) is 0 Å². The zero-order chi connectivity index (χ0) is 13.4. The van der Waals surface area contributed by atoms with Crippen molar-refractivity contribution < 1.29 is 14.3 Å². The lowest BCUT2D eigenvalue weighted by molar-refractivity contribution is -0.145. The number of hydrogen-bond donors (Lipinski definition) is 2. The Hall–Kier alpha value is -1.88. The summed E-state index contributed by atoms with van der Waals surface area (Å²) < 4.78 is 5.07. The third kappa shape index (κ3) is 4.97. The van der Waals surface area contributed by atoms with E-state index in [0.717, 1.165) is 5.56 Å². The van der Waals surface area contributed by atoms with Gasteiger partial charge < -0.3 is 15.8 Å². The van der Waals surface area contributed by atoms with E-state index in [0.29, 0.717) is 0 Å². The summed E-state index contributed by atoms with van der Waals surface area (Å²) >= 11 is 0. The zero-order valence-corrected chi connectivity index (χ0v) is 10.4. The Labute approximate surface area is 106 Å². The Kier molecular flexibility index (Phi) is 5.87. The van der Waals surface area contributed by atoms with Gasteiger partial charge in [-0.05, 0) is 12.0 Å². The molecule has 1 amide bonds. The summed E-state index contributed by atoms with van der Waals surface area (Å²) in [5, 5.41) is 2.43. The van der Waals surface area contributed by atoms with Crippen molar-refractivity contribution in [2.75, 3.05) is 7.05 Å². The van der Waals surface area contributed by atoms with Crippen molar-refractivity contribution in [3.8, 4) is 0 Å². The van der Waals surface area contributed by atoms with Gasteiger partial charge in [0.05, 0.1) is 6.04 Å². The molecule has 0 aliphatic heterocycles. The van der Waals surface area contributed by atoms with Crippen LogP contribution in [0.3, 0.4) is 0 Å². The molecule has 0 saturated carbocycles. The molecule has 0 aliphatic rings. The molecule has 0 aromatic heterocycles. The van der Waals surface area contributed by atoms with Gasteiger partial charge in [0.2, 0.25) is 5.91 Å². The molecule has 0 bridgehead atoms. The van der Waals surface area contributed by atoms with Crippen LogP contribution in [0.25, 0.3) is 0 Å². The van der Waals surface area contributed by atoms with E-state index in [9.17, 15) is 9.59 Å². The lowest BCUT2D eigenvalue weighted by Crippen LogP contribution is -2.38. The minimum Gasteiger partial charge on any atom is -0.461 e. The largest absolute Gasteiger partial charge is 0.461 e. The van der Waals surface area contributed by atoms with Crippen molar-refractivity contribution in [2.45, 2.75) is 25.5 Å². The summed E-state index contributed by atoms with van der Waals surface area (Å²) in [4.78, 5) is 22.5. The predicted molar refractivity (Wildman–Crippen MR) is 67.5 cm³/mol. The first kappa shape index (κ1) is 14.2. The Morgan fingerprint density at radius 1 is 1.33 bits per heavy atom. The van der Waals surface area contributed by atoms with Crippen LogP contribution in [-0.2, 0) is 20.9 Å². The number of likely N-dealkylation sites (N-methyl/N-ethyl adjacent to an activating group) is 1. The number of benzene rings is 1. The van der Waals surface area contributed by atoms with E-state index < -0.39 is 6.04 Å². The average Bonchev–Trinajstić information content (AvgIpc) is 2.42. The summed E-state index contributed by atoms with van der Waals surface area (Å²) in [6.45, 7) is 0.245. The molecule has 98 valence electrons. The second-order valence-corrected chi connectivity index (χ2v) is 3.91. The molecule has 5 heteroatoms. The Balaban J connectivity index is 2.24. The van der Waals surface area contributed by atoms with E-state index in [1.165, 1.54) is 7.05 Å². The van der Waals surface area contributed by atoms with Gasteiger partial charge in [-0.1, -0.05) is 30.3 Å². The fourth-order valence-electron chi connectivity index (χ4n) is 1.40. The van der Waals surface area contributed by atoms with Gasteiger partial charge in [-0.3, -0.25) is 9.59 Å². The minimum atomic E-state index is -0.667. The smallest absolute Gasteiger partial charge is 0.306 e. The Morgan fingerprint density at radius 2 is 2.00 bits per heavy atom. The molecule has 1 atom stereocenters. The molecular weight excluding hydrogens is 232 g/mol. The third-order valence-electron chi connectivity index (χ3n) is 2.49. The van der Waals surface area contributed by atoms with E-state index in [4.69, 9.17) is 10.5 Å². The lowest BCUT2D eigenvalue weighted by Gasteiger charge is -2.09. The number of ether oxygens (including phenoxy) is 1. The lowest BCUT2D eigenvalue weighted by atomic mass is 10.1. The molecule has 0 aliphatic carbocycles.